The molecular weight excluding hydrogens is 264 g/mol. The van der Waals surface area contributed by atoms with Crippen molar-refractivity contribution >= 4 is 22.9 Å². The van der Waals surface area contributed by atoms with Gasteiger partial charge in [0.15, 0.2) is 0 Å². The van der Waals surface area contributed by atoms with Gasteiger partial charge in [0.05, 0.1) is 0 Å². The molecule has 1 saturated carbocycles. The van der Waals surface area contributed by atoms with Crippen LogP contribution in [0.2, 0.25) is 0 Å². The lowest BCUT2D eigenvalue weighted by Gasteiger charge is -2.25. The summed E-state index contributed by atoms with van der Waals surface area (Å²) >= 11 is 5.54. The molecule has 1 N–H and O–H groups in total. The van der Waals surface area contributed by atoms with Crippen molar-refractivity contribution < 1.29 is 0 Å². The highest BCUT2D eigenvalue weighted by molar-refractivity contribution is 7.80. The molecule has 0 atom stereocenters. The molecule has 0 unspecified atom stereocenters. The van der Waals surface area contributed by atoms with E-state index < -0.39 is 0 Å². The van der Waals surface area contributed by atoms with Gasteiger partial charge in [-0.2, -0.15) is 0 Å². The van der Waals surface area contributed by atoms with Crippen LogP contribution < -0.4 is 10.2 Å². The van der Waals surface area contributed by atoms with E-state index in [0.29, 0.717) is 6.04 Å². The summed E-state index contributed by atoms with van der Waals surface area (Å²) in [7, 11) is 0. The zero-order valence-electron chi connectivity index (χ0n) is 12.7. The third-order valence-electron chi connectivity index (χ3n) is 4.20. The van der Waals surface area contributed by atoms with Gasteiger partial charge in [0.25, 0.3) is 0 Å². The predicted octanol–water partition coefficient (Wildman–Crippen LogP) is 4.13. The fraction of sp³-hybridized carbons (Fsp3) is 0.588. The predicted molar refractivity (Wildman–Crippen MR) is 91.7 cm³/mol. The standard InChI is InChI=1S/C17H26N2S/c1-3-19(4-2)16-12-10-14(11-13-16)17(20)18-15-8-6-5-7-9-15/h10-13,15H,3-9H2,1-2H3,(H,18,20). The zero-order valence-corrected chi connectivity index (χ0v) is 13.5. The molecule has 1 aliphatic carbocycles. The maximum Gasteiger partial charge on any atom is 0.106 e. The van der Waals surface area contributed by atoms with E-state index in [1.807, 2.05) is 0 Å². The Morgan fingerprint density at radius 1 is 1.10 bits per heavy atom. The fourth-order valence-electron chi connectivity index (χ4n) is 2.93. The van der Waals surface area contributed by atoms with Crippen LogP contribution in [0.15, 0.2) is 24.3 Å². The van der Waals surface area contributed by atoms with Gasteiger partial charge >= 0.3 is 0 Å². The quantitative estimate of drug-likeness (QED) is 0.821. The lowest BCUT2D eigenvalue weighted by atomic mass is 9.95. The fourth-order valence-corrected chi connectivity index (χ4v) is 3.23. The van der Waals surface area contributed by atoms with Gasteiger partial charge in [0.1, 0.15) is 4.99 Å². The third kappa shape index (κ3) is 3.95. The molecule has 0 aliphatic heterocycles. The van der Waals surface area contributed by atoms with Gasteiger partial charge in [-0.25, -0.2) is 0 Å². The van der Waals surface area contributed by atoms with Crippen molar-refractivity contribution in [3.8, 4) is 0 Å². The van der Waals surface area contributed by atoms with Gasteiger partial charge in [0.2, 0.25) is 0 Å². The number of anilines is 1. The Labute approximate surface area is 128 Å². The summed E-state index contributed by atoms with van der Waals surface area (Å²) < 4.78 is 0. The maximum absolute atomic E-state index is 5.54. The lowest BCUT2D eigenvalue weighted by Crippen LogP contribution is -2.35. The van der Waals surface area contributed by atoms with Crippen molar-refractivity contribution in [2.75, 3.05) is 18.0 Å². The molecule has 0 saturated heterocycles. The molecule has 1 fully saturated rings. The van der Waals surface area contributed by atoms with Gasteiger partial charge in [-0.1, -0.05) is 31.5 Å². The van der Waals surface area contributed by atoms with Crippen molar-refractivity contribution in [2.24, 2.45) is 0 Å². The average Bonchev–Trinajstić information content (AvgIpc) is 2.50. The minimum Gasteiger partial charge on any atom is -0.373 e. The van der Waals surface area contributed by atoms with E-state index in [2.05, 4.69) is 48.3 Å². The lowest BCUT2D eigenvalue weighted by molar-refractivity contribution is 0.415. The third-order valence-corrected chi connectivity index (χ3v) is 4.55. The topological polar surface area (TPSA) is 15.3 Å². The number of nitrogens with zero attached hydrogens (tertiary/aromatic N) is 1. The largest absolute Gasteiger partial charge is 0.373 e. The molecule has 3 heteroatoms. The Morgan fingerprint density at radius 3 is 2.25 bits per heavy atom. The molecule has 2 rings (SSSR count). The molecule has 0 heterocycles. The number of nitrogens with one attached hydrogen (secondary N) is 1. The van der Waals surface area contributed by atoms with Crippen LogP contribution in [0, 0.1) is 0 Å². The first-order valence-electron chi connectivity index (χ1n) is 7.90. The second-order valence-electron chi connectivity index (χ2n) is 5.53. The Bertz CT molecular complexity index is 417. The molecule has 0 radical (unpaired) electrons. The minimum absolute atomic E-state index is 0.582. The zero-order chi connectivity index (χ0) is 14.4. The second-order valence-corrected chi connectivity index (χ2v) is 5.94. The first-order chi connectivity index (χ1) is 9.74. The van der Waals surface area contributed by atoms with E-state index in [0.717, 1.165) is 23.6 Å². The number of benzene rings is 1. The minimum atomic E-state index is 0.582. The molecule has 0 aromatic heterocycles. The second kappa shape index (κ2) is 7.63. The van der Waals surface area contributed by atoms with Crippen LogP contribution in [0.3, 0.4) is 0 Å². The molecule has 0 amide bonds. The first kappa shape index (κ1) is 15.3. The Balaban J connectivity index is 1.96. The monoisotopic (exact) mass is 290 g/mol. The van der Waals surface area contributed by atoms with E-state index >= 15 is 0 Å². The molecule has 110 valence electrons. The summed E-state index contributed by atoms with van der Waals surface area (Å²) in [6, 6.07) is 9.23. The summed E-state index contributed by atoms with van der Waals surface area (Å²) in [5.74, 6) is 0. The normalized spacial score (nSPS) is 15.9. The van der Waals surface area contributed by atoms with E-state index in [9.17, 15) is 0 Å². The van der Waals surface area contributed by atoms with Crippen LogP contribution in [0.4, 0.5) is 5.69 Å². The summed E-state index contributed by atoms with van der Waals surface area (Å²) in [6.07, 6.45) is 6.57. The van der Waals surface area contributed by atoms with Crippen LogP contribution in [0.5, 0.6) is 0 Å². The SMILES string of the molecule is CCN(CC)c1ccc(C(=S)NC2CCCCC2)cc1. The highest BCUT2D eigenvalue weighted by atomic mass is 32.1. The van der Waals surface area contributed by atoms with Crippen LogP contribution in [-0.4, -0.2) is 24.1 Å². The van der Waals surface area contributed by atoms with Crippen molar-refractivity contribution in [3.05, 3.63) is 29.8 Å². The van der Waals surface area contributed by atoms with Crippen molar-refractivity contribution in [1.29, 1.82) is 0 Å². The van der Waals surface area contributed by atoms with Gasteiger partial charge < -0.3 is 10.2 Å². The van der Waals surface area contributed by atoms with Crippen molar-refractivity contribution in [1.82, 2.24) is 5.32 Å². The van der Waals surface area contributed by atoms with E-state index in [1.165, 1.54) is 37.8 Å². The van der Waals surface area contributed by atoms with Crippen LogP contribution >= 0.6 is 12.2 Å². The highest BCUT2D eigenvalue weighted by Gasteiger charge is 2.14. The number of hydrogen-bond acceptors (Lipinski definition) is 2. The number of hydrogen-bond donors (Lipinski definition) is 1. The molecule has 0 bridgehead atoms. The smallest absolute Gasteiger partial charge is 0.106 e. The van der Waals surface area contributed by atoms with Crippen molar-refractivity contribution in [2.45, 2.75) is 52.0 Å². The van der Waals surface area contributed by atoms with Crippen LogP contribution in [0.25, 0.3) is 0 Å². The first-order valence-corrected chi connectivity index (χ1v) is 8.31. The molecule has 20 heavy (non-hydrogen) atoms. The molecule has 0 spiro atoms. The molecule has 1 aliphatic rings. The summed E-state index contributed by atoms with van der Waals surface area (Å²) in [4.78, 5) is 3.25. The average molecular weight is 290 g/mol. The van der Waals surface area contributed by atoms with E-state index in [1.54, 1.807) is 0 Å². The van der Waals surface area contributed by atoms with Gasteiger partial charge in [0, 0.05) is 30.4 Å². The molecule has 2 nitrogen and oxygen atoms in total. The van der Waals surface area contributed by atoms with Gasteiger partial charge in [-0.05, 0) is 51.0 Å². The van der Waals surface area contributed by atoms with Gasteiger partial charge in [-0.15, -0.1) is 0 Å². The maximum atomic E-state index is 5.54. The molecule has 1 aromatic carbocycles. The Morgan fingerprint density at radius 2 is 1.70 bits per heavy atom. The molecular formula is C17H26N2S. The number of rotatable bonds is 5. The Kier molecular flexibility index (Phi) is 5.84. The van der Waals surface area contributed by atoms with Crippen LogP contribution in [0.1, 0.15) is 51.5 Å². The number of thiocarbonyl (C=S) groups is 1. The van der Waals surface area contributed by atoms with Crippen molar-refractivity contribution in [3.63, 3.8) is 0 Å². The van der Waals surface area contributed by atoms with E-state index in [4.69, 9.17) is 12.2 Å². The Hall–Kier alpha value is -1.09. The van der Waals surface area contributed by atoms with E-state index in [-0.39, 0.29) is 0 Å². The summed E-state index contributed by atoms with van der Waals surface area (Å²) in [6.45, 7) is 6.46. The molecule has 1 aromatic rings. The highest BCUT2D eigenvalue weighted by Crippen LogP contribution is 2.19. The summed E-state index contributed by atoms with van der Waals surface area (Å²) in [5.41, 5.74) is 2.42. The van der Waals surface area contributed by atoms with Gasteiger partial charge in [-0.3, -0.25) is 0 Å². The van der Waals surface area contributed by atoms with Crippen LogP contribution in [-0.2, 0) is 0 Å². The summed E-state index contributed by atoms with van der Waals surface area (Å²) in [5, 5.41) is 3.53.